The Bertz CT molecular complexity index is 884. The Hall–Kier alpha value is -2.37. The summed E-state index contributed by atoms with van der Waals surface area (Å²) in [4.78, 5) is 1.68. The third-order valence-corrected chi connectivity index (χ3v) is 5.81. The van der Waals surface area contributed by atoms with Crippen molar-refractivity contribution >= 4 is 17.0 Å². The highest BCUT2D eigenvalue weighted by Crippen LogP contribution is 2.19. The molecule has 1 fully saturated rings. The topological polar surface area (TPSA) is 59.5 Å². The fourth-order valence-electron chi connectivity index (χ4n) is 4.27. The average Bonchev–Trinajstić information content (AvgIpc) is 2.99. The maximum atomic E-state index is 10.7. The number of para-hydroxylation sites is 2. The molecule has 0 saturated carbocycles. The highest BCUT2D eigenvalue weighted by Gasteiger charge is 2.24. The number of piperidine rings is 1. The molecule has 1 saturated heterocycles. The molecule has 1 atom stereocenters. The highest BCUT2D eigenvalue weighted by atomic mass is 16.3. The fraction of sp³-hybridized carbons (Fsp3) is 0.409. The Balaban J connectivity index is 1.60. The van der Waals surface area contributed by atoms with Gasteiger partial charge >= 0.3 is 5.95 Å². The summed E-state index contributed by atoms with van der Waals surface area (Å²) >= 11 is 0. The first kappa shape index (κ1) is 18.0. The number of nitrogens with one attached hydrogen (secondary N) is 1. The molecule has 5 nitrogen and oxygen atoms in total. The molecule has 1 aliphatic rings. The lowest BCUT2D eigenvalue weighted by Gasteiger charge is -2.22. The normalized spacial score (nSPS) is 16.6. The van der Waals surface area contributed by atoms with E-state index in [2.05, 4.69) is 27.3 Å². The number of aliphatic hydroxyl groups is 1. The Morgan fingerprint density at radius 2 is 1.70 bits per heavy atom. The van der Waals surface area contributed by atoms with Gasteiger partial charge in [0.05, 0.1) is 13.1 Å². The molecule has 2 aromatic carbocycles. The average molecular weight is 367 g/mol. The smallest absolute Gasteiger partial charge is 0.356 e. The van der Waals surface area contributed by atoms with Crippen LogP contribution >= 0.6 is 0 Å². The summed E-state index contributed by atoms with van der Waals surface area (Å²) in [6.07, 6.45) is 3.46. The summed E-state index contributed by atoms with van der Waals surface area (Å²) < 4.78 is 4.27. The van der Waals surface area contributed by atoms with Crippen molar-refractivity contribution in [3.63, 3.8) is 0 Å². The van der Waals surface area contributed by atoms with Gasteiger partial charge in [-0.2, -0.15) is 0 Å². The molecule has 0 spiro atoms. The Morgan fingerprint density at radius 1 is 1.00 bits per heavy atom. The van der Waals surface area contributed by atoms with Crippen LogP contribution in [-0.4, -0.2) is 29.3 Å². The summed E-state index contributed by atoms with van der Waals surface area (Å²) in [7, 11) is 0. The van der Waals surface area contributed by atoms with E-state index in [0.717, 1.165) is 35.6 Å². The molecule has 2 heterocycles. The number of likely N-dealkylation sites (tertiary alicyclic amines) is 1. The van der Waals surface area contributed by atoms with Crippen LogP contribution in [0.3, 0.4) is 0 Å². The number of hydrogen-bond donors (Lipinski definition) is 3. The van der Waals surface area contributed by atoms with Gasteiger partial charge < -0.3 is 10.0 Å². The van der Waals surface area contributed by atoms with E-state index in [1.54, 1.807) is 4.90 Å². The third kappa shape index (κ3) is 3.84. The third-order valence-electron chi connectivity index (χ3n) is 5.81. The number of nitrogens with two attached hydrogens (primary N) is 1. The zero-order chi connectivity index (χ0) is 18.6. The molecule has 0 radical (unpaired) electrons. The van der Waals surface area contributed by atoms with Gasteiger partial charge in [-0.05, 0) is 37.0 Å². The van der Waals surface area contributed by atoms with Crippen molar-refractivity contribution in [2.75, 3.05) is 25.4 Å². The van der Waals surface area contributed by atoms with E-state index >= 15 is 0 Å². The lowest BCUT2D eigenvalue weighted by molar-refractivity contribution is -0.905. The lowest BCUT2D eigenvalue weighted by Crippen LogP contribution is -3.13. The van der Waals surface area contributed by atoms with Gasteiger partial charge in [-0.1, -0.05) is 42.5 Å². The largest absolute Gasteiger partial charge is 0.385 e. The minimum absolute atomic E-state index is 0.458. The minimum Gasteiger partial charge on any atom is -0.385 e. The number of nitrogens with zero attached hydrogens (tertiary/aromatic N) is 2. The fourth-order valence-corrected chi connectivity index (χ4v) is 4.27. The molecule has 5 heteroatoms. The lowest BCUT2D eigenvalue weighted by atomic mass is 10.1. The van der Waals surface area contributed by atoms with Gasteiger partial charge in [-0.25, -0.2) is 9.13 Å². The standard InChI is InChI=1S/C22H28N4O/c23-22-25(16-15-24-13-7-2-8-14-24)19-11-5-6-12-20(19)26(22)17-21(27)18-9-3-1-4-10-18/h1,3-6,9-12,21,23,27H,2,7-8,13-17H2/p+2/t21-/m1/s1. The minimum atomic E-state index is -0.578. The molecule has 3 aromatic rings. The number of imidazole rings is 1. The van der Waals surface area contributed by atoms with Crippen LogP contribution in [0.25, 0.3) is 11.0 Å². The Labute approximate surface area is 160 Å². The zero-order valence-electron chi connectivity index (χ0n) is 15.8. The SMILES string of the molecule is Nc1n(CC[NH+]2CCCCC2)c2ccccc2[n+]1C[C@@H](O)c1ccccc1. The van der Waals surface area contributed by atoms with Gasteiger partial charge in [-0.3, -0.25) is 5.73 Å². The second-order valence-corrected chi connectivity index (χ2v) is 7.60. The summed E-state index contributed by atoms with van der Waals surface area (Å²) in [6, 6.07) is 18.1. The van der Waals surface area contributed by atoms with E-state index < -0.39 is 6.10 Å². The summed E-state index contributed by atoms with van der Waals surface area (Å²) in [5.41, 5.74) is 9.71. The van der Waals surface area contributed by atoms with Crippen LogP contribution in [0, 0.1) is 0 Å². The van der Waals surface area contributed by atoms with Crippen LogP contribution in [-0.2, 0) is 13.1 Å². The highest BCUT2D eigenvalue weighted by molar-refractivity contribution is 5.73. The maximum absolute atomic E-state index is 10.7. The number of hydrogen-bond acceptors (Lipinski definition) is 2. The molecule has 142 valence electrons. The molecule has 27 heavy (non-hydrogen) atoms. The molecule has 1 aromatic heterocycles. The van der Waals surface area contributed by atoms with E-state index in [1.807, 2.05) is 36.4 Å². The van der Waals surface area contributed by atoms with Crippen molar-refractivity contribution in [3.05, 3.63) is 60.2 Å². The molecule has 0 aliphatic carbocycles. The van der Waals surface area contributed by atoms with Gasteiger partial charge in [0.2, 0.25) is 0 Å². The summed E-state index contributed by atoms with van der Waals surface area (Å²) in [6.45, 7) is 5.01. The first-order valence-corrected chi connectivity index (χ1v) is 10.1. The van der Waals surface area contributed by atoms with Crippen molar-refractivity contribution in [2.45, 2.75) is 38.5 Å². The first-order chi connectivity index (χ1) is 13.2. The van der Waals surface area contributed by atoms with Crippen molar-refractivity contribution < 1.29 is 14.6 Å². The number of aromatic nitrogens is 2. The van der Waals surface area contributed by atoms with Gasteiger partial charge in [0.25, 0.3) is 0 Å². The monoisotopic (exact) mass is 366 g/mol. The number of fused-ring (bicyclic) bond motifs is 1. The number of rotatable bonds is 6. The van der Waals surface area contributed by atoms with Crippen molar-refractivity contribution in [1.29, 1.82) is 0 Å². The number of quaternary nitrogens is 1. The summed E-state index contributed by atoms with van der Waals surface area (Å²) in [5.74, 6) is 0.725. The van der Waals surface area contributed by atoms with Crippen molar-refractivity contribution in [1.82, 2.24) is 4.57 Å². The van der Waals surface area contributed by atoms with Crippen LogP contribution < -0.4 is 15.2 Å². The Morgan fingerprint density at radius 3 is 2.48 bits per heavy atom. The second kappa shape index (κ2) is 8.11. The van der Waals surface area contributed by atoms with E-state index in [0.29, 0.717) is 6.54 Å². The second-order valence-electron chi connectivity index (χ2n) is 7.60. The van der Waals surface area contributed by atoms with Gasteiger partial charge in [0.15, 0.2) is 0 Å². The number of aliphatic hydroxyl groups excluding tert-OH is 1. The van der Waals surface area contributed by atoms with E-state index in [-0.39, 0.29) is 0 Å². The predicted molar refractivity (Wildman–Crippen MR) is 107 cm³/mol. The van der Waals surface area contributed by atoms with Gasteiger partial charge in [0.1, 0.15) is 36.8 Å². The molecule has 1 aliphatic heterocycles. The van der Waals surface area contributed by atoms with Crippen LogP contribution in [0.15, 0.2) is 54.6 Å². The van der Waals surface area contributed by atoms with E-state index in [9.17, 15) is 5.11 Å². The molecular weight excluding hydrogens is 336 g/mol. The number of nitrogen functional groups attached to an aromatic ring is 1. The molecule has 0 amide bonds. The van der Waals surface area contributed by atoms with Crippen LogP contribution in [0.4, 0.5) is 5.95 Å². The molecule has 4 rings (SSSR count). The van der Waals surface area contributed by atoms with Crippen LogP contribution in [0.1, 0.15) is 30.9 Å². The van der Waals surface area contributed by atoms with Gasteiger partial charge in [-0.15, -0.1) is 0 Å². The predicted octanol–water partition coefficient (Wildman–Crippen LogP) is 1.31. The molecule has 0 unspecified atom stereocenters. The zero-order valence-corrected chi connectivity index (χ0v) is 15.8. The summed E-state index contributed by atoms with van der Waals surface area (Å²) in [5, 5.41) is 10.7. The number of benzene rings is 2. The quantitative estimate of drug-likeness (QED) is 0.576. The van der Waals surface area contributed by atoms with Gasteiger partial charge in [0, 0.05) is 0 Å². The van der Waals surface area contributed by atoms with Crippen molar-refractivity contribution in [3.8, 4) is 0 Å². The van der Waals surface area contributed by atoms with Crippen molar-refractivity contribution in [2.24, 2.45) is 0 Å². The molecule has 4 N–H and O–H groups in total. The van der Waals surface area contributed by atoms with Crippen LogP contribution in [0.5, 0.6) is 0 Å². The number of anilines is 1. The molecular formula is C22H30N4O+2. The van der Waals surface area contributed by atoms with E-state index in [1.165, 1.54) is 32.4 Å². The first-order valence-electron chi connectivity index (χ1n) is 10.1. The molecule has 0 bridgehead atoms. The van der Waals surface area contributed by atoms with E-state index in [4.69, 9.17) is 5.73 Å². The van der Waals surface area contributed by atoms with Crippen LogP contribution in [0.2, 0.25) is 0 Å². The Kier molecular flexibility index (Phi) is 5.41. The maximum Gasteiger partial charge on any atom is 0.356 e.